The lowest BCUT2D eigenvalue weighted by Crippen LogP contribution is -2.27. The molecule has 0 aliphatic rings. The monoisotopic (exact) mass is 330 g/mol. The van der Waals surface area contributed by atoms with Crippen LogP contribution in [0.25, 0.3) is 0 Å². The number of thiophene rings is 1. The first-order chi connectivity index (χ1) is 9.71. The first kappa shape index (κ1) is 15.6. The second-order valence-corrected chi connectivity index (χ2v) is 7.70. The number of hydrogen-bond donors (Lipinski definition) is 2. The Morgan fingerprint density at radius 3 is 2.62 bits per heavy atom. The Morgan fingerprint density at radius 1 is 1.48 bits per heavy atom. The Hall–Kier alpha value is -1.78. The lowest BCUT2D eigenvalue weighted by Gasteiger charge is -2.15. The van der Waals surface area contributed by atoms with Gasteiger partial charge in [0.15, 0.2) is 5.82 Å². The number of aromatic amines is 1. The molecule has 0 aliphatic carbocycles. The van der Waals surface area contributed by atoms with E-state index in [1.807, 2.05) is 0 Å². The van der Waals surface area contributed by atoms with Crippen LogP contribution in [0.4, 0.5) is 0 Å². The molecular formula is C11H14N4O4S2. The van der Waals surface area contributed by atoms with Crippen LogP contribution in [0.3, 0.4) is 0 Å². The van der Waals surface area contributed by atoms with Crippen molar-refractivity contribution >= 4 is 27.3 Å². The predicted octanol–water partition coefficient (Wildman–Crippen LogP) is 1.00. The van der Waals surface area contributed by atoms with E-state index in [1.54, 1.807) is 13.8 Å². The smallest absolute Gasteiger partial charge is 0.345 e. The zero-order valence-electron chi connectivity index (χ0n) is 11.6. The number of aromatic nitrogens is 3. The lowest BCUT2D eigenvalue weighted by atomic mass is 10.4. The molecule has 0 aliphatic heterocycles. The zero-order valence-corrected chi connectivity index (χ0v) is 13.2. The molecule has 0 aromatic carbocycles. The van der Waals surface area contributed by atoms with Gasteiger partial charge in [0.1, 0.15) is 10.7 Å². The maximum absolute atomic E-state index is 12.5. The summed E-state index contributed by atoms with van der Waals surface area (Å²) in [5.74, 6) is -0.197. The lowest BCUT2D eigenvalue weighted by molar-refractivity contribution is 0.0702. The van der Waals surface area contributed by atoms with Gasteiger partial charge in [-0.2, -0.15) is 9.40 Å². The molecule has 0 fully saturated rings. The van der Waals surface area contributed by atoms with Crippen molar-refractivity contribution in [2.75, 3.05) is 7.05 Å². The highest BCUT2D eigenvalue weighted by molar-refractivity contribution is 7.89. The Morgan fingerprint density at radius 2 is 2.14 bits per heavy atom. The first-order valence-corrected chi connectivity index (χ1v) is 8.15. The maximum Gasteiger partial charge on any atom is 0.345 e. The highest BCUT2D eigenvalue weighted by atomic mass is 32.2. The molecule has 0 amide bonds. The maximum atomic E-state index is 12.5. The fraction of sp³-hybridized carbons (Fsp3) is 0.364. The van der Waals surface area contributed by atoms with Crippen LogP contribution in [0.5, 0.6) is 0 Å². The largest absolute Gasteiger partial charge is 0.477 e. The number of carboxylic acid groups (broad SMARTS) is 1. The van der Waals surface area contributed by atoms with Gasteiger partial charge in [-0.3, -0.25) is 5.10 Å². The van der Waals surface area contributed by atoms with Gasteiger partial charge in [0, 0.05) is 11.9 Å². The molecule has 2 aromatic rings. The summed E-state index contributed by atoms with van der Waals surface area (Å²) in [6, 6.07) is 1.18. The number of hydrogen-bond acceptors (Lipinski definition) is 6. The fourth-order valence-corrected chi connectivity index (χ4v) is 4.26. The van der Waals surface area contributed by atoms with Crippen LogP contribution in [-0.4, -0.2) is 46.0 Å². The van der Waals surface area contributed by atoms with Crippen molar-refractivity contribution in [1.29, 1.82) is 0 Å². The number of aromatic carboxylic acids is 1. The number of carbonyl (C=O) groups is 1. The van der Waals surface area contributed by atoms with Crippen LogP contribution in [0.2, 0.25) is 0 Å². The SMILES string of the molecule is Cc1nc(CN(C)S(=O)(=O)c2cc(C(=O)O)sc2C)n[nH]1. The van der Waals surface area contributed by atoms with E-state index < -0.39 is 16.0 Å². The summed E-state index contributed by atoms with van der Waals surface area (Å²) in [5.41, 5.74) is 0. The van der Waals surface area contributed by atoms with Crippen molar-refractivity contribution in [2.24, 2.45) is 0 Å². The van der Waals surface area contributed by atoms with Crippen LogP contribution >= 0.6 is 11.3 Å². The van der Waals surface area contributed by atoms with Gasteiger partial charge in [0.05, 0.1) is 11.4 Å². The minimum absolute atomic E-state index is 0.000317. The van der Waals surface area contributed by atoms with E-state index in [2.05, 4.69) is 15.2 Å². The molecule has 2 heterocycles. The number of nitrogens with zero attached hydrogens (tertiary/aromatic N) is 3. The molecule has 2 rings (SSSR count). The second-order valence-electron chi connectivity index (χ2n) is 4.43. The van der Waals surface area contributed by atoms with Gasteiger partial charge < -0.3 is 5.11 Å². The summed E-state index contributed by atoms with van der Waals surface area (Å²) in [6.45, 7) is 3.30. The molecule has 10 heteroatoms. The van der Waals surface area contributed by atoms with Crippen LogP contribution in [0.1, 0.15) is 26.2 Å². The van der Waals surface area contributed by atoms with E-state index in [9.17, 15) is 13.2 Å². The summed E-state index contributed by atoms with van der Waals surface area (Å²) in [4.78, 5) is 15.4. The van der Waals surface area contributed by atoms with Gasteiger partial charge in [-0.1, -0.05) is 0 Å². The van der Waals surface area contributed by atoms with E-state index in [0.29, 0.717) is 16.5 Å². The van der Waals surface area contributed by atoms with Crippen molar-refractivity contribution in [1.82, 2.24) is 19.5 Å². The van der Waals surface area contributed by atoms with E-state index in [-0.39, 0.29) is 16.3 Å². The van der Waals surface area contributed by atoms with Crippen molar-refractivity contribution in [2.45, 2.75) is 25.3 Å². The van der Waals surface area contributed by atoms with Crippen LogP contribution in [0.15, 0.2) is 11.0 Å². The minimum Gasteiger partial charge on any atom is -0.477 e. The quantitative estimate of drug-likeness (QED) is 0.845. The standard InChI is InChI=1S/C11H14N4O4S2/c1-6-9(4-8(20-6)11(16)17)21(18,19)15(3)5-10-12-7(2)13-14-10/h4H,5H2,1-3H3,(H,16,17)(H,12,13,14). The summed E-state index contributed by atoms with van der Waals surface area (Å²) < 4.78 is 26.0. The number of nitrogens with one attached hydrogen (secondary N) is 1. The summed E-state index contributed by atoms with van der Waals surface area (Å²) in [6.07, 6.45) is 0. The molecule has 0 saturated heterocycles. The van der Waals surface area contributed by atoms with Crippen LogP contribution in [0, 0.1) is 13.8 Å². The first-order valence-electron chi connectivity index (χ1n) is 5.89. The molecule has 2 N–H and O–H groups in total. The van der Waals surface area contributed by atoms with E-state index in [0.717, 1.165) is 15.6 Å². The van der Waals surface area contributed by atoms with E-state index in [4.69, 9.17) is 5.11 Å². The highest BCUT2D eigenvalue weighted by Gasteiger charge is 2.27. The molecular weight excluding hydrogens is 316 g/mol. The number of carboxylic acids is 1. The average molecular weight is 330 g/mol. The predicted molar refractivity (Wildman–Crippen MR) is 75.8 cm³/mol. The number of sulfonamides is 1. The summed E-state index contributed by atoms with van der Waals surface area (Å²) >= 11 is 0.934. The van der Waals surface area contributed by atoms with Gasteiger partial charge in [0.2, 0.25) is 10.0 Å². The van der Waals surface area contributed by atoms with Crippen LogP contribution < -0.4 is 0 Å². The van der Waals surface area contributed by atoms with Crippen molar-refractivity contribution in [3.8, 4) is 0 Å². The Balaban J connectivity index is 2.30. The molecule has 114 valence electrons. The molecule has 8 nitrogen and oxygen atoms in total. The molecule has 0 bridgehead atoms. The molecule has 0 atom stereocenters. The van der Waals surface area contributed by atoms with Gasteiger partial charge in [-0.25, -0.2) is 18.2 Å². The number of H-pyrrole nitrogens is 1. The number of aryl methyl sites for hydroxylation is 2. The Kier molecular flexibility index (Phi) is 4.12. The highest BCUT2D eigenvalue weighted by Crippen LogP contribution is 2.28. The van der Waals surface area contributed by atoms with Gasteiger partial charge in [-0.05, 0) is 19.9 Å². The normalized spacial score (nSPS) is 12.0. The summed E-state index contributed by atoms with van der Waals surface area (Å²) in [5, 5.41) is 15.5. The third kappa shape index (κ3) is 3.12. The molecule has 0 spiro atoms. The van der Waals surface area contributed by atoms with Gasteiger partial charge in [-0.15, -0.1) is 11.3 Å². The molecule has 0 unspecified atom stereocenters. The fourth-order valence-electron chi connectivity index (χ4n) is 1.74. The Labute approximate surface area is 125 Å². The van der Waals surface area contributed by atoms with Crippen LogP contribution in [-0.2, 0) is 16.6 Å². The van der Waals surface area contributed by atoms with Crippen molar-refractivity contribution < 1.29 is 18.3 Å². The van der Waals surface area contributed by atoms with E-state index >= 15 is 0 Å². The van der Waals surface area contributed by atoms with Gasteiger partial charge in [0.25, 0.3) is 0 Å². The third-order valence-electron chi connectivity index (χ3n) is 2.78. The van der Waals surface area contributed by atoms with Crippen molar-refractivity contribution in [3.05, 3.63) is 27.5 Å². The van der Waals surface area contributed by atoms with Crippen molar-refractivity contribution in [3.63, 3.8) is 0 Å². The third-order valence-corrected chi connectivity index (χ3v) is 5.88. The molecule has 2 aromatic heterocycles. The molecule has 0 saturated carbocycles. The van der Waals surface area contributed by atoms with E-state index in [1.165, 1.54) is 13.1 Å². The molecule has 0 radical (unpaired) electrons. The van der Waals surface area contributed by atoms with Gasteiger partial charge >= 0.3 is 5.97 Å². The number of rotatable bonds is 5. The zero-order chi connectivity index (χ0) is 15.8. The minimum atomic E-state index is -3.78. The second kappa shape index (κ2) is 5.54. The topological polar surface area (TPSA) is 116 Å². The average Bonchev–Trinajstić information content (AvgIpc) is 2.96. The summed E-state index contributed by atoms with van der Waals surface area (Å²) in [7, 11) is -2.38. The molecule has 21 heavy (non-hydrogen) atoms. The Bertz CT molecular complexity index is 778.